The maximum Gasteiger partial charge on any atom is 0.243 e. The van der Waals surface area contributed by atoms with Crippen molar-refractivity contribution < 1.29 is 9.59 Å². The maximum absolute atomic E-state index is 11.8. The Morgan fingerprint density at radius 2 is 2.11 bits per heavy atom. The van der Waals surface area contributed by atoms with Gasteiger partial charge in [0.25, 0.3) is 0 Å². The summed E-state index contributed by atoms with van der Waals surface area (Å²) >= 11 is 0. The molecule has 2 amide bonds. The van der Waals surface area contributed by atoms with Gasteiger partial charge in [0, 0.05) is 6.42 Å². The first kappa shape index (κ1) is 13.3. The summed E-state index contributed by atoms with van der Waals surface area (Å²) in [7, 11) is 0. The number of carbonyl (C=O) groups is 2. The highest BCUT2D eigenvalue weighted by molar-refractivity contribution is 5.95. The van der Waals surface area contributed by atoms with Gasteiger partial charge in [-0.25, -0.2) is 0 Å². The highest BCUT2D eigenvalue weighted by Gasteiger charge is 2.26. The summed E-state index contributed by atoms with van der Waals surface area (Å²) in [5, 5.41) is 5.33. The Bertz CT molecular complexity index is 535. The van der Waals surface area contributed by atoms with Gasteiger partial charge in [0.15, 0.2) is 0 Å². The van der Waals surface area contributed by atoms with Gasteiger partial charge in [-0.05, 0) is 30.5 Å². The van der Waals surface area contributed by atoms with E-state index in [2.05, 4.69) is 10.6 Å². The Hall–Kier alpha value is -2.10. The molecule has 2 N–H and O–H groups in total. The van der Waals surface area contributed by atoms with Crippen LogP contribution in [0.2, 0.25) is 0 Å². The Morgan fingerprint density at radius 3 is 2.79 bits per heavy atom. The van der Waals surface area contributed by atoms with E-state index in [0.717, 1.165) is 16.7 Å². The monoisotopic (exact) mass is 258 g/mol. The second-order valence-electron chi connectivity index (χ2n) is 4.67. The van der Waals surface area contributed by atoms with E-state index >= 15 is 0 Å². The molecule has 0 radical (unpaired) electrons. The van der Waals surface area contributed by atoms with Gasteiger partial charge in [-0.2, -0.15) is 0 Å². The predicted molar refractivity (Wildman–Crippen MR) is 74.4 cm³/mol. The molecular weight excluding hydrogens is 240 g/mol. The van der Waals surface area contributed by atoms with Crippen LogP contribution < -0.4 is 10.6 Å². The first-order chi connectivity index (χ1) is 9.11. The summed E-state index contributed by atoms with van der Waals surface area (Å²) in [6.07, 6.45) is 2.51. The number of amides is 2. The minimum absolute atomic E-state index is 0.0743. The lowest BCUT2D eigenvalue weighted by atomic mass is 9.94. The fraction of sp³-hybridized carbons (Fsp3) is 0.333. The van der Waals surface area contributed by atoms with Gasteiger partial charge in [-0.1, -0.05) is 30.3 Å². The van der Waals surface area contributed by atoms with Crippen LogP contribution in [0.25, 0.3) is 5.57 Å². The average Bonchev–Trinajstić information content (AvgIpc) is 2.41. The van der Waals surface area contributed by atoms with E-state index in [4.69, 9.17) is 0 Å². The van der Waals surface area contributed by atoms with Gasteiger partial charge < -0.3 is 10.6 Å². The third kappa shape index (κ3) is 3.02. The van der Waals surface area contributed by atoms with Crippen LogP contribution in [-0.2, 0) is 9.59 Å². The van der Waals surface area contributed by atoms with E-state index in [1.165, 1.54) is 0 Å². The topological polar surface area (TPSA) is 58.2 Å². The van der Waals surface area contributed by atoms with Crippen molar-refractivity contribution in [3.63, 3.8) is 0 Å². The van der Waals surface area contributed by atoms with Gasteiger partial charge in [-0.15, -0.1) is 0 Å². The Kier molecular flexibility index (Phi) is 4.00. The lowest BCUT2D eigenvalue weighted by Crippen LogP contribution is -2.56. The molecule has 1 aromatic rings. The molecule has 4 heteroatoms. The fourth-order valence-corrected chi connectivity index (χ4v) is 2.28. The van der Waals surface area contributed by atoms with Gasteiger partial charge in [-0.3, -0.25) is 9.59 Å². The molecule has 2 rings (SSSR count). The largest absolute Gasteiger partial charge is 0.345 e. The quantitative estimate of drug-likeness (QED) is 0.861. The van der Waals surface area contributed by atoms with Gasteiger partial charge in [0.2, 0.25) is 11.8 Å². The number of aryl methyl sites for hydroxylation is 1. The Labute approximate surface area is 112 Å². The SMILES string of the molecule is C/C=C(/C[C@@H]1NC(=O)CNC1=O)c1ccccc1C. The molecule has 1 atom stereocenters. The van der Waals surface area contributed by atoms with Crippen molar-refractivity contribution in [3.8, 4) is 0 Å². The summed E-state index contributed by atoms with van der Waals surface area (Å²) in [5.41, 5.74) is 3.36. The van der Waals surface area contributed by atoms with Crippen molar-refractivity contribution in [2.45, 2.75) is 26.3 Å². The minimum atomic E-state index is -0.480. The molecule has 1 aliphatic heterocycles. The van der Waals surface area contributed by atoms with Crippen LogP contribution in [0.5, 0.6) is 0 Å². The Morgan fingerprint density at radius 1 is 1.37 bits per heavy atom. The molecule has 1 aromatic carbocycles. The number of benzene rings is 1. The normalized spacial score (nSPS) is 19.9. The van der Waals surface area contributed by atoms with Crippen LogP contribution >= 0.6 is 0 Å². The lowest BCUT2D eigenvalue weighted by Gasteiger charge is -2.24. The van der Waals surface area contributed by atoms with Crippen molar-refractivity contribution in [2.75, 3.05) is 6.54 Å². The molecule has 0 unspecified atom stereocenters. The second kappa shape index (κ2) is 5.69. The molecule has 1 fully saturated rings. The van der Waals surface area contributed by atoms with Gasteiger partial charge in [0.1, 0.15) is 6.04 Å². The van der Waals surface area contributed by atoms with Crippen LogP contribution in [0.1, 0.15) is 24.5 Å². The van der Waals surface area contributed by atoms with Crippen LogP contribution in [-0.4, -0.2) is 24.4 Å². The van der Waals surface area contributed by atoms with E-state index in [9.17, 15) is 9.59 Å². The third-order valence-electron chi connectivity index (χ3n) is 3.34. The lowest BCUT2D eigenvalue weighted by molar-refractivity contribution is -0.133. The van der Waals surface area contributed by atoms with Crippen LogP contribution in [0.4, 0.5) is 0 Å². The maximum atomic E-state index is 11.8. The molecule has 1 heterocycles. The van der Waals surface area contributed by atoms with E-state index in [-0.39, 0.29) is 18.4 Å². The highest BCUT2D eigenvalue weighted by Crippen LogP contribution is 2.23. The molecule has 1 saturated heterocycles. The molecule has 0 aromatic heterocycles. The average molecular weight is 258 g/mol. The fourth-order valence-electron chi connectivity index (χ4n) is 2.28. The van der Waals surface area contributed by atoms with Crippen LogP contribution in [0.3, 0.4) is 0 Å². The van der Waals surface area contributed by atoms with E-state index in [0.29, 0.717) is 6.42 Å². The summed E-state index contributed by atoms with van der Waals surface area (Å²) < 4.78 is 0. The summed E-state index contributed by atoms with van der Waals surface area (Å²) in [6, 6.07) is 7.56. The number of rotatable bonds is 3. The molecule has 0 saturated carbocycles. The second-order valence-corrected chi connectivity index (χ2v) is 4.67. The first-order valence-electron chi connectivity index (χ1n) is 6.40. The van der Waals surface area contributed by atoms with Gasteiger partial charge in [0.05, 0.1) is 6.54 Å². The molecule has 1 aliphatic rings. The first-order valence-corrected chi connectivity index (χ1v) is 6.40. The zero-order valence-corrected chi connectivity index (χ0v) is 11.2. The van der Waals surface area contributed by atoms with E-state index < -0.39 is 6.04 Å². The highest BCUT2D eigenvalue weighted by atomic mass is 16.2. The Balaban J connectivity index is 2.18. The smallest absolute Gasteiger partial charge is 0.243 e. The van der Waals surface area contributed by atoms with Crippen molar-refractivity contribution in [3.05, 3.63) is 41.5 Å². The number of allylic oxidation sites excluding steroid dienone is 1. The number of hydrogen-bond donors (Lipinski definition) is 2. The molecule has 0 spiro atoms. The van der Waals surface area contributed by atoms with Crippen LogP contribution in [0.15, 0.2) is 30.3 Å². The predicted octanol–water partition coefficient (Wildman–Crippen LogP) is 1.40. The summed E-state index contributed by atoms with van der Waals surface area (Å²) in [5.74, 6) is -0.252. The van der Waals surface area contributed by atoms with Crippen molar-refractivity contribution in [2.24, 2.45) is 0 Å². The number of carbonyl (C=O) groups excluding carboxylic acids is 2. The van der Waals surface area contributed by atoms with E-state index in [1.807, 2.05) is 44.2 Å². The zero-order chi connectivity index (χ0) is 13.8. The minimum Gasteiger partial charge on any atom is -0.345 e. The third-order valence-corrected chi connectivity index (χ3v) is 3.34. The summed E-state index contributed by atoms with van der Waals surface area (Å²) in [6.45, 7) is 4.06. The van der Waals surface area contributed by atoms with E-state index in [1.54, 1.807) is 0 Å². The molecule has 0 bridgehead atoms. The van der Waals surface area contributed by atoms with Gasteiger partial charge >= 0.3 is 0 Å². The summed E-state index contributed by atoms with van der Waals surface area (Å²) in [4.78, 5) is 23.1. The van der Waals surface area contributed by atoms with Crippen molar-refractivity contribution in [1.29, 1.82) is 0 Å². The van der Waals surface area contributed by atoms with Crippen molar-refractivity contribution in [1.82, 2.24) is 10.6 Å². The standard InChI is InChI=1S/C15H18N2O2/c1-3-11(12-7-5-4-6-10(12)2)8-13-15(19)16-9-14(18)17-13/h3-7,13H,8-9H2,1-2H3,(H,16,19)(H,17,18)/b11-3-/t13-/m0/s1. The zero-order valence-electron chi connectivity index (χ0n) is 11.2. The molecule has 0 aliphatic carbocycles. The number of nitrogens with one attached hydrogen (secondary N) is 2. The number of hydrogen-bond acceptors (Lipinski definition) is 2. The van der Waals surface area contributed by atoms with Crippen LogP contribution in [0, 0.1) is 6.92 Å². The number of piperazine rings is 1. The molecular formula is C15H18N2O2. The van der Waals surface area contributed by atoms with Crippen molar-refractivity contribution >= 4 is 17.4 Å². The molecule has 4 nitrogen and oxygen atoms in total. The molecule has 19 heavy (non-hydrogen) atoms. The molecule has 100 valence electrons.